The van der Waals surface area contributed by atoms with Crippen molar-refractivity contribution < 1.29 is 37.9 Å². The van der Waals surface area contributed by atoms with Crippen LogP contribution >= 0.6 is 7.82 Å². The quantitative estimate of drug-likeness (QED) is 0.170. The SMILES string of the molecule is C#CCNC(=O)CCCCCOP(=O)([O-])OC[C@H]1O[C@@H](n2ccc(=O)[nH]c2=O)[C@@H](O)C1OC. The number of unbranched alkanes of at least 4 members (excludes halogenated alkanes) is 2. The van der Waals surface area contributed by atoms with Crippen LogP contribution in [-0.4, -0.2) is 65.7 Å². The summed E-state index contributed by atoms with van der Waals surface area (Å²) in [4.78, 5) is 48.6. The number of terminal acetylenes is 1. The number of carbonyl (C=O) groups excluding carboxylic acids is 1. The molecule has 1 saturated heterocycles. The van der Waals surface area contributed by atoms with Crippen LogP contribution in [0.1, 0.15) is 31.9 Å². The maximum absolute atomic E-state index is 12.0. The van der Waals surface area contributed by atoms with E-state index in [0.717, 1.165) is 16.8 Å². The number of ether oxygens (including phenoxy) is 2. The standard InChI is InChI=1S/C19H28N3O10P/c1-3-9-20-14(23)7-5-4-6-11-30-33(27,28)31-12-13-17(29-2)16(25)18(32-13)22-10-8-15(24)21-19(22)26/h1,8,10,13,16-18,25H,4-7,9,11-12H2,2H3,(H,20,23)(H,27,28)(H,21,24,26)/p-1/t13-,16+,17?,18-/m1/s1. The van der Waals surface area contributed by atoms with E-state index in [1.807, 2.05) is 4.98 Å². The molecule has 5 atom stereocenters. The molecule has 14 heteroatoms. The average Bonchev–Trinajstić information content (AvgIpc) is 3.08. The lowest BCUT2D eigenvalue weighted by Gasteiger charge is -2.25. The molecule has 0 aromatic carbocycles. The Morgan fingerprint density at radius 2 is 2.15 bits per heavy atom. The number of hydrogen-bond donors (Lipinski definition) is 3. The van der Waals surface area contributed by atoms with Gasteiger partial charge in [0.15, 0.2) is 6.23 Å². The van der Waals surface area contributed by atoms with Crippen LogP contribution in [0.4, 0.5) is 0 Å². The van der Waals surface area contributed by atoms with Gasteiger partial charge in [-0.05, 0) is 12.8 Å². The van der Waals surface area contributed by atoms with Gasteiger partial charge < -0.3 is 33.8 Å². The van der Waals surface area contributed by atoms with Crippen LogP contribution in [0.3, 0.4) is 0 Å². The molecule has 1 aliphatic heterocycles. The van der Waals surface area contributed by atoms with Crippen molar-refractivity contribution in [1.29, 1.82) is 0 Å². The van der Waals surface area contributed by atoms with E-state index in [0.29, 0.717) is 19.3 Å². The minimum Gasteiger partial charge on any atom is -0.756 e. The number of aromatic amines is 1. The predicted molar refractivity (Wildman–Crippen MR) is 112 cm³/mol. The van der Waals surface area contributed by atoms with Crippen molar-refractivity contribution in [2.75, 3.05) is 26.9 Å². The Hall–Kier alpha value is -2.30. The lowest BCUT2D eigenvalue weighted by atomic mass is 10.1. The molecule has 33 heavy (non-hydrogen) atoms. The molecule has 1 fully saturated rings. The van der Waals surface area contributed by atoms with E-state index in [2.05, 4.69) is 11.2 Å². The minimum atomic E-state index is -4.68. The highest BCUT2D eigenvalue weighted by molar-refractivity contribution is 7.45. The second kappa shape index (κ2) is 12.8. The van der Waals surface area contributed by atoms with E-state index in [4.69, 9.17) is 24.9 Å². The van der Waals surface area contributed by atoms with Crippen LogP contribution in [0.15, 0.2) is 21.9 Å². The van der Waals surface area contributed by atoms with Gasteiger partial charge in [0, 0.05) is 25.8 Å². The van der Waals surface area contributed by atoms with Gasteiger partial charge >= 0.3 is 5.69 Å². The zero-order valence-corrected chi connectivity index (χ0v) is 18.9. The first-order valence-corrected chi connectivity index (χ1v) is 11.6. The molecule has 1 aromatic rings. The van der Waals surface area contributed by atoms with E-state index >= 15 is 0 Å². The molecule has 0 bridgehead atoms. The maximum Gasteiger partial charge on any atom is 0.330 e. The molecule has 0 spiro atoms. The lowest BCUT2D eigenvalue weighted by molar-refractivity contribution is -0.228. The number of methoxy groups -OCH3 is 1. The molecule has 0 aliphatic carbocycles. The third-order valence-corrected chi connectivity index (χ3v) is 5.75. The van der Waals surface area contributed by atoms with Crippen molar-refractivity contribution in [3.63, 3.8) is 0 Å². The summed E-state index contributed by atoms with van der Waals surface area (Å²) in [5.41, 5.74) is -1.43. The highest BCUT2D eigenvalue weighted by atomic mass is 31.2. The fourth-order valence-electron chi connectivity index (χ4n) is 3.18. The Bertz CT molecular complexity index is 987. The predicted octanol–water partition coefficient (Wildman–Crippen LogP) is -1.38. The number of amides is 1. The number of aromatic nitrogens is 2. The molecule has 1 amide bonds. The highest BCUT2D eigenvalue weighted by Gasteiger charge is 2.45. The van der Waals surface area contributed by atoms with Gasteiger partial charge in [-0.2, -0.15) is 0 Å². The lowest BCUT2D eigenvalue weighted by Crippen LogP contribution is -2.38. The van der Waals surface area contributed by atoms with Crippen LogP contribution in [0.25, 0.3) is 0 Å². The molecule has 13 nitrogen and oxygen atoms in total. The topological polar surface area (TPSA) is 181 Å². The second-order valence-electron chi connectivity index (χ2n) is 7.14. The van der Waals surface area contributed by atoms with Gasteiger partial charge in [0.2, 0.25) is 5.91 Å². The third kappa shape index (κ3) is 8.21. The van der Waals surface area contributed by atoms with Gasteiger partial charge in [-0.3, -0.25) is 23.7 Å². The molecule has 184 valence electrons. The highest BCUT2D eigenvalue weighted by Crippen LogP contribution is 2.40. The number of carbonyl (C=O) groups is 1. The molecule has 0 saturated carbocycles. The van der Waals surface area contributed by atoms with E-state index in [1.54, 1.807) is 0 Å². The summed E-state index contributed by atoms with van der Waals surface area (Å²) in [6.07, 6.45) is 3.33. The number of phosphoric ester groups is 1. The Labute approximate surface area is 189 Å². The first-order valence-electron chi connectivity index (χ1n) is 10.2. The summed E-state index contributed by atoms with van der Waals surface area (Å²) >= 11 is 0. The molecule has 2 heterocycles. The molecule has 1 aliphatic rings. The number of H-pyrrole nitrogens is 1. The molecular weight excluding hydrogens is 461 g/mol. The zero-order chi connectivity index (χ0) is 24.4. The number of phosphoric acid groups is 1. The Kier molecular flexibility index (Phi) is 10.5. The largest absolute Gasteiger partial charge is 0.756 e. The van der Waals surface area contributed by atoms with Gasteiger partial charge in [0.05, 0.1) is 19.8 Å². The molecule has 2 rings (SSSR count). The minimum absolute atomic E-state index is 0.135. The number of nitrogens with zero attached hydrogens (tertiary/aromatic N) is 1. The Morgan fingerprint density at radius 1 is 1.39 bits per heavy atom. The molecular formula is C19H27N3O10P-. The van der Waals surface area contributed by atoms with Gasteiger partial charge in [0.25, 0.3) is 13.4 Å². The van der Waals surface area contributed by atoms with Gasteiger partial charge in [-0.1, -0.05) is 12.3 Å². The van der Waals surface area contributed by atoms with E-state index < -0.39 is 50.2 Å². The van der Waals surface area contributed by atoms with Crippen molar-refractivity contribution in [3.8, 4) is 12.3 Å². The van der Waals surface area contributed by atoms with Crippen molar-refractivity contribution in [2.45, 2.75) is 50.2 Å². The molecule has 0 radical (unpaired) electrons. The van der Waals surface area contributed by atoms with Crippen LogP contribution in [0.2, 0.25) is 0 Å². The van der Waals surface area contributed by atoms with Crippen LogP contribution in [0.5, 0.6) is 0 Å². The Balaban J connectivity index is 1.79. The third-order valence-electron chi connectivity index (χ3n) is 4.79. The summed E-state index contributed by atoms with van der Waals surface area (Å²) in [5, 5.41) is 13.0. The van der Waals surface area contributed by atoms with Gasteiger partial charge in [-0.15, -0.1) is 6.42 Å². The normalized spacial score (nSPS) is 24.2. The van der Waals surface area contributed by atoms with Crippen molar-refractivity contribution in [3.05, 3.63) is 33.1 Å². The summed E-state index contributed by atoms with van der Waals surface area (Å²) in [7, 11) is -3.40. The summed E-state index contributed by atoms with van der Waals surface area (Å²) in [5.74, 6) is 2.11. The number of rotatable bonds is 13. The van der Waals surface area contributed by atoms with Crippen LogP contribution < -0.4 is 21.5 Å². The number of aliphatic hydroxyl groups is 1. The fourth-order valence-corrected chi connectivity index (χ4v) is 3.94. The first-order chi connectivity index (χ1) is 15.7. The average molecular weight is 488 g/mol. The summed E-state index contributed by atoms with van der Waals surface area (Å²) < 4.78 is 33.3. The smallest absolute Gasteiger partial charge is 0.330 e. The molecule has 1 aromatic heterocycles. The first kappa shape index (κ1) is 26.9. The Morgan fingerprint density at radius 3 is 2.82 bits per heavy atom. The van der Waals surface area contributed by atoms with Crippen LogP contribution in [0, 0.1) is 12.3 Å². The van der Waals surface area contributed by atoms with Crippen molar-refractivity contribution >= 4 is 13.7 Å². The van der Waals surface area contributed by atoms with Crippen molar-refractivity contribution in [2.24, 2.45) is 0 Å². The van der Waals surface area contributed by atoms with Gasteiger partial charge in [0.1, 0.15) is 18.3 Å². The van der Waals surface area contributed by atoms with E-state index in [9.17, 15) is 28.9 Å². The summed E-state index contributed by atoms with van der Waals surface area (Å²) in [6, 6.07) is 1.08. The monoisotopic (exact) mass is 488 g/mol. The van der Waals surface area contributed by atoms with E-state index in [1.165, 1.54) is 7.11 Å². The molecule has 2 unspecified atom stereocenters. The van der Waals surface area contributed by atoms with Crippen LogP contribution in [-0.2, 0) is 27.9 Å². The number of hydrogen-bond acceptors (Lipinski definition) is 10. The number of aliphatic hydroxyl groups excluding tert-OH is 1. The van der Waals surface area contributed by atoms with Gasteiger partial charge in [-0.25, -0.2) is 4.79 Å². The van der Waals surface area contributed by atoms with E-state index in [-0.39, 0.29) is 25.5 Å². The second-order valence-corrected chi connectivity index (χ2v) is 8.55. The molecule has 3 N–H and O–H groups in total. The number of nitrogens with one attached hydrogen (secondary N) is 2. The fraction of sp³-hybridized carbons (Fsp3) is 0.632. The maximum atomic E-state index is 12.0. The zero-order valence-electron chi connectivity index (χ0n) is 18.0. The van der Waals surface area contributed by atoms with Crippen molar-refractivity contribution in [1.82, 2.24) is 14.9 Å². The summed E-state index contributed by atoms with van der Waals surface area (Å²) in [6.45, 7) is -0.503.